The standard InChI is InChI=1S/C25H21ClN4O5S/c1-14-18(26)4-3-5-19(14)28-22(31)12-21-23(32)29-25(36-21)30-27-13-17-10-11-20(35-17)15-6-8-16(9-7-15)24(33)34-2/h3-11,13,21H,12H2,1-2H3,(H,28,31)(H,29,30,32)/b27-13+. The average Bonchev–Trinajstić information content (AvgIpc) is 3.48. The lowest BCUT2D eigenvalue weighted by molar-refractivity contribution is -0.122. The third-order valence-corrected chi connectivity index (χ3v) is 6.72. The van der Waals surface area contributed by atoms with Crippen LogP contribution in [0.4, 0.5) is 5.69 Å². The van der Waals surface area contributed by atoms with E-state index >= 15 is 0 Å². The predicted octanol–water partition coefficient (Wildman–Crippen LogP) is 4.65. The van der Waals surface area contributed by atoms with Gasteiger partial charge in [-0.25, -0.2) is 4.79 Å². The molecule has 2 N–H and O–H groups in total. The molecule has 1 aliphatic rings. The van der Waals surface area contributed by atoms with Crippen LogP contribution in [0.25, 0.3) is 11.3 Å². The number of hydrogen-bond acceptors (Lipinski definition) is 8. The van der Waals surface area contributed by atoms with Crippen molar-refractivity contribution in [1.29, 1.82) is 0 Å². The lowest BCUT2D eigenvalue weighted by atomic mass is 10.1. The zero-order chi connectivity index (χ0) is 25.7. The van der Waals surface area contributed by atoms with Gasteiger partial charge in [-0.1, -0.05) is 41.6 Å². The first-order valence-corrected chi connectivity index (χ1v) is 12.0. The Hall–Kier alpha value is -3.89. The van der Waals surface area contributed by atoms with Crippen molar-refractivity contribution in [2.24, 2.45) is 10.2 Å². The molecule has 1 atom stereocenters. The number of carbonyl (C=O) groups is 3. The Bertz CT molecular complexity index is 1370. The number of ether oxygens (including phenoxy) is 1. The summed E-state index contributed by atoms with van der Waals surface area (Å²) in [6.07, 6.45) is 1.38. The fraction of sp³-hybridized carbons (Fsp3) is 0.160. The number of carbonyl (C=O) groups excluding carboxylic acids is 3. The molecule has 1 aliphatic heterocycles. The molecule has 9 nitrogen and oxygen atoms in total. The molecule has 2 heterocycles. The van der Waals surface area contributed by atoms with Gasteiger partial charge in [0.15, 0.2) is 5.17 Å². The maximum absolute atomic E-state index is 12.4. The molecule has 2 amide bonds. The molecule has 36 heavy (non-hydrogen) atoms. The molecule has 1 unspecified atom stereocenters. The van der Waals surface area contributed by atoms with E-state index in [4.69, 9.17) is 20.8 Å². The van der Waals surface area contributed by atoms with Gasteiger partial charge in [0.2, 0.25) is 11.8 Å². The molecule has 1 aromatic heterocycles. The highest BCUT2D eigenvalue weighted by Gasteiger charge is 2.32. The fourth-order valence-electron chi connectivity index (χ4n) is 3.30. The van der Waals surface area contributed by atoms with Gasteiger partial charge in [0.25, 0.3) is 0 Å². The minimum atomic E-state index is -0.624. The van der Waals surface area contributed by atoms with Gasteiger partial charge in [-0.15, -0.1) is 5.10 Å². The summed E-state index contributed by atoms with van der Waals surface area (Å²) in [4.78, 5) is 36.2. The lowest BCUT2D eigenvalue weighted by Crippen LogP contribution is -2.28. The summed E-state index contributed by atoms with van der Waals surface area (Å²) in [6, 6.07) is 15.5. The smallest absolute Gasteiger partial charge is 0.337 e. The maximum Gasteiger partial charge on any atom is 0.337 e. The van der Waals surface area contributed by atoms with Crippen LogP contribution in [-0.4, -0.2) is 41.5 Å². The molecule has 3 aromatic rings. The Morgan fingerprint density at radius 1 is 1.19 bits per heavy atom. The summed E-state index contributed by atoms with van der Waals surface area (Å²) in [6.45, 7) is 1.81. The number of rotatable bonds is 7. The van der Waals surface area contributed by atoms with Crippen molar-refractivity contribution < 1.29 is 23.5 Å². The first-order chi connectivity index (χ1) is 17.3. The largest absolute Gasteiger partial charge is 0.465 e. The van der Waals surface area contributed by atoms with Gasteiger partial charge in [0, 0.05) is 22.7 Å². The molecule has 11 heteroatoms. The Morgan fingerprint density at radius 2 is 1.97 bits per heavy atom. The highest BCUT2D eigenvalue weighted by Crippen LogP contribution is 2.26. The van der Waals surface area contributed by atoms with E-state index in [1.807, 2.05) is 0 Å². The number of anilines is 1. The van der Waals surface area contributed by atoms with E-state index in [0.717, 1.165) is 22.9 Å². The number of amides is 2. The molecule has 1 fully saturated rings. The first kappa shape index (κ1) is 25.2. The third kappa shape index (κ3) is 6.02. The van der Waals surface area contributed by atoms with E-state index in [9.17, 15) is 14.4 Å². The Balaban J connectivity index is 1.33. The summed E-state index contributed by atoms with van der Waals surface area (Å²) >= 11 is 7.21. The Labute approximate surface area is 216 Å². The lowest BCUT2D eigenvalue weighted by Gasteiger charge is -2.10. The van der Waals surface area contributed by atoms with E-state index in [-0.39, 0.29) is 23.4 Å². The van der Waals surface area contributed by atoms with Crippen molar-refractivity contribution in [3.05, 3.63) is 76.5 Å². The molecule has 4 rings (SSSR count). The monoisotopic (exact) mass is 524 g/mol. The molecular weight excluding hydrogens is 504 g/mol. The van der Waals surface area contributed by atoms with Gasteiger partial charge in [-0.05, 0) is 48.9 Å². The number of nitrogens with zero attached hydrogens (tertiary/aromatic N) is 2. The number of amidine groups is 1. The van der Waals surface area contributed by atoms with E-state index < -0.39 is 11.2 Å². The maximum atomic E-state index is 12.4. The van der Waals surface area contributed by atoms with Crippen LogP contribution >= 0.6 is 23.4 Å². The van der Waals surface area contributed by atoms with Gasteiger partial charge >= 0.3 is 5.97 Å². The zero-order valence-electron chi connectivity index (χ0n) is 19.3. The van der Waals surface area contributed by atoms with Crippen molar-refractivity contribution in [2.75, 3.05) is 12.4 Å². The molecule has 0 saturated carbocycles. The quantitative estimate of drug-likeness (QED) is 0.263. The summed E-state index contributed by atoms with van der Waals surface area (Å²) in [7, 11) is 1.33. The van der Waals surface area contributed by atoms with Crippen LogP contribution in [0.3, 0.4) is 0 Å². The van der Waals surface area contributed by atoms with Crippen molar-refractivity contribution in [3.63, 3.8) is 0 Å². The number of benzene rings is 2. The first-order valence-electron chi connectivity index (χ1n) is 10.8. The van der Waals surface area contributed by atoms with Crippen LogP contribution in [0.1, 0.15) is 28.1 Å². The van der Waals surface area contributed by atoms with Gasteiger partial charge < -0.3 is 19.8 Å². The topological polar surface area (TPSA) is 122 Å². The normalized spacial score (nSPS) is 16.4. The average molecular weight is 525 g/mol. The molecule has 184 valence electrons. The minimum absolute atomic E-state index is 0.0263. The minimum Gasteiger partial charge on any atom is -0.465 e. The highest BCUT2D eigenvalue weighted by molar-refractivity contribution is 8.15. The molecule has 2 aromatic carbocycles. The molecule has 0 aliphatic carbocycles. The number of esters is 1. The molecule has 0 spiro atoms. The van der Waals surface area contributed by atoms with Gasteiger partial charge in [-0.3, -0.25) is 9.59 Å². The van der Waals surface area contributed by atoms with Crippen LogP contribution in [0.15, 0.2) is 69.2 Å². The van der Waals surface area contributed by atoms with E-state index in [0.29, 0.717) is 27.8 Å². The van der Waals surface area contributed by atoms with E-state index in [1.165, 1.54) is 13.3 Å². The Morgan fingerprint density at radius 3 is 2.72 bits per heavy atom. The fourth-order valence-corrected chi connectivity index (χ4v) is 4.40. The van der Waals surface area contributed by atoms with Crippen molar-refractivity contribution in [2.45, 2.75) is 18.6 Å². The van der Waals surface area contributed by atoms with Gasteiger partial charge in [0.05, 0.1) is 18.9 Å². The number of hydrogen-bond donors (Lipinski definition) is 2. The SMILES string of the molecule is COC(=O)c1ccc(-c2ccc(/C=N/N=C3\NC(=O)C(CC(=O)Nc4cccc(Cl)c4C)S3)o2)cc1. The second kappa shape index (κ2) is 11.2. The van der Waals surface area contributed by atoms with Crippen LogP contribution in [0.5, 0.6) is 0 Å². The van der Waals surface area contributed by atoms with Crippen molar-refractivity contribution in [1.82, 2.24) is 5.32 Å². The molecule has 1 saturated heterocycles. The van der Waals surface area contributed by atoms with Gasteiger partial charge in [-0.2, -0.15) is 5.10 Å². The van der Waals surface area contributed by atoms with Crippen molar-refractivity contribution >= 4 is 58.2 Å². The number of methoxy groups -OCH3 is 1. The third-order valence-electron chi connectivity index (χ3n) is 5.24. The van der Waals surface area contributed by atoms with Crippen LogP contribution < -0.4 is 10.6 Å². The van der Waals surface area contributed by atoms with E-state index in [2.05, 4.69) is 20.8 Å². The van der Waals surface area contributed by atoms with Crippen molar-refractivity contribution in [3.8, 4) is 11.3 Å². The molecule has 0 radical (unpaired) electrons. The van der Waals surface area contributed by atoms with Crippen LogP contribution in [0, 0.1) is 6.92 Å². The zero-order valence-corrected chi connectivity index (χ0v) is 20.9. The molecular formula is C25H21ClN4O5S. The Kier molecular flexibility index (Phi) is 7.87. The summed E-state index contributed by atoms with van der Waals surface area (Å²) in [5.74, 6) is 0.00518. The predicted molar refractivity (Wildman–Crippen MR) is 139 cm³/mol. The summed E-state index contributed by atoms with van der Waals surface area (Å²) < 4.78 is 10.4. The van der Waals surface area contributed by atoms with Crippen LogP contribution in [0.2, 0.25) is 5.02 Å². The number of furan rings is 1. The summed E-state index contributed by atoms with van der Waals surface area (Å²) in [5, 5.41) is 13.6. The number of halogens is 1. The molecule has 0 bridgehead atoms. The van der Waals surface area contributed by atoms with Crippen LogP contribution in [-0.2, 0) is 14.3 Å². The number of thioether (sulfide) groups is 1. The van der Waals surface area contributed by atoms with Gasteiger partial charge in [0.1, 0.15) is 16.8 Å². The second-order valence-electron chi connectivity index (χ2n) is 7.68. The number of nitrogens with one attached hydrogen (secondary N) is 2. The second-order valence-corrected chi connectivity index (χ2v) is 9.28. The van der Waals surface area contributed by atoms with E-state index in [1.54, 1.807) is 61.5 Å². The highest BCUT2D eigenvalue weighted by atomic mass is 35.5. The summed E-state index contributed by atoms with van der Waals surface area (Å²) in [5.41, 5.74) is 2.58.